The molecule has 0 aliphatic carbocycles. The number of unbranched alkanes of at least 4 members (excludes halogenated alkanes) is 18. The fraction of sp³-hybridized carbons (Fsp3) is 0.667. The minimum absolute atomic E-state index is 0. The van der Waals surface area contributed by atoms with Gasteiger partial charge in [0, 0.05) is 13.2 Å². The molecule has 0 unspecified atom stereocenters. The fourth-order valence-electron chi connectivity index (χ4n) is 4.75. The Morgan fingerprint density at radius 1 is 0.359 bits per heavy atom. The van der Waals surface area contributed by atoms with Crippen LogP contribution >= 0.6 is 0 Å². The quantitative estimate of drug-likeness (QED) is 0.137. The molecular formula is C36H66N2O. The van der Waals surface area contributed by atoms with Crippen molar-refractivity contribution in [1.29, 1.82) is 0 Å². The Balaban J connectivity index is 0. The van der Waals surface area contributed by atoms with Crippen LogP contribution in [0.1, 0.15) is 142 Å². The van der Waals surface area contributed by atoms with Crippen LogP contribution in [-0.4, -0.2) is 13.2 Å². The lowest BCUT2D eigenvalue weighted by Crippen LogP contribution is -1.97. The fourth-order valence-corrected chi connectivity index (χ4v) is 4.75. The number of benzene rings is 2. The SMILES string of the molecule is CCCCCCCCCCCCOCCCCCCCCCCCC.N.N.c1ccc(-c2ccccc2)cc1. The Morgan fingerprint density at radius 3 is 0.897 bits per heavy atom. The predicted molar refractivity (Wildman–Crippen MR) is 176 cm³/mol. The summed E-state index contributed by atoms with van der Waals surface area (Å²) in [5.41, 5.74) is 2.55. The van der Waals surface area contributed by atoms with Crippen LogP contribution < -0.4 is 12.3 Å². The van der Waals surface area contributed by atoms with E-state index < -0.39 is 0 Å². The molecule has 226 valence electrons. The van der Waals surface area contributed by atoms with Crippen LogP contribution in [0.4, 0.5) is 0 Å². The second-order valence-corrected chi connectivity index (χ2v) is 10.7. The zero-order valence-electron chi connectivity index (χ0n) is 26.2. The minimum Gasteiger partial charge on any atom is -0.381 e. The van der Waals surface area contributed by atoms with Crippen molar-refractivity contribution in [3.63, 3.8) is 0 Å². The van der Waals surface area contributed by atoms with E-state index in [0.29, 0.717) is 0 Å². The topological polar surface area (TPSA) is 79.2 Å². The molecule has 0 bridgehead atoms. The summed E-state index contributed by atoms with van der Waals surface area (Å²) in [5.74, 6) is 0. The normalized spacial score (nSPS) is 10.2. The van der Waals surface area contributed by atoms with Crippen molar-refractivity contribution in [1.82, 2.24) is 12.3 Å². The maximum atomic E-state index is 5.78. The second kappa shape index (κ2) is 32.5. The van der Waals surface area contributed by atoms with E-state index in [1.54, 1.807) is 0 Å². The molecule has 0 heterocycles. The van der Waals surface area contributed by atoms with Gasteiger partial charge in [0.05, 0.1) is 0 Å². The van der Waals surface area contributed by atoms with Gasteiger partial charge in [-0.3, -0.25) is 0 Å². The smallest absolute Gasteiger partial charge is 0.0466 e. The van der Waals surface area contributed by atoms with Crippen molar-refractivity contribution in [2.45, 2.75) is 142 Å². The van der Waals surface area contributed by atoms with Gasteiger partial charge in [-0.2, -0.15) is 0 Å². The van der Waals surface area contributed by atoms with E-state index in [9.17, 15) is 0 Å². The Morgan fingerprint density at radius 2 is 0.615 bits per heavy atom. The third-order valence-electron chi connectivity index (χ3n) is 7.17. The first-order chi connectivity index (χ1) is 18.4. The molecule has 0 aromatic heterocycles. The van der Waals surface area contributed by atoms with Gasteiger partial charge in [0.15, 0.2) is 0 Å². The summed E-state index contributed by atoms with van der Waals surface area (Å²) >= 11 is 0. The molecule has 2 aromatic rings. The van der Waals surface area contributed by atoms with Crippen LogP contribution in [0.5, 0.6) is 0 Å². The highest BCUT2D eigenvalue weighted by Crippen LogP contribution is 2.17. The average Bonchev–Trinajstić information content (AvgIpc) is 2.95. The summed E-state index contributed by atoms with van der Waals surface area (Å²) < 4.78 is 5.78. The number of ether oxygens (including phenoxy) is 1. The summed E-state index contributed by atoms with van der Waals surface area (Å²) in [6, 6.07) is 20.8. The first-order valence-corrected chi connectivity index (χ1v) is 16.1. The molecule has 39 heavy (non-hydrogen) atoms. The molecule has 0 aliphatic heterocycles. The highest BCUT2D eigenvalue weighted by Gasteiger charge is 1.95. The lowest BCUT2D eigenvalue weighted by atomic mass is 10.1. The van der Waals surface area contributed by atoms with Crippen molar-refractivity contribution in [3.05, 3.63) is 60.7 Å². The van der Waals surface area contributed by atoms with E-state index in [-0.39, 0.29) is 12.3 Å². The van der Waals surface area contributed by atoms with Crippen LogP contribution in [-0.2, 0) is 4.74 Å². The maximum Gasteiger partial charge on any atom is 0.0466 e. The Bertz CT molecular complexity index is 617. The predicted octanol–water partition coefficient (Wildman–Crippen LogP) is 12.5. The maximum absolute atomic E-state index is 5.78. The zero-order valence-corrected chi connectivity index (χ0v) is 26.2. The van der Waals surface area contributed by atoms with E-state index >= 15 is 0 Å². The van der Waals surface area contributed by atoms with Crippen LogP contribution in [0.15, 0.2) is 60.7 Å². The average molecular weight is 543 g/mol. The monoisotopic (exact) mass is 543 g/mol. The van der Waals surface area contributed by atoms with Gasteiger partial charge >= 0.3 is 0 Å². The number of hydrogen-bond donors (Lipinski definition) is 2. The van der Waals surface area contributed by atoms with Crippen molar-refractivity contribution in [2.24, 2.45) is 0 Å². The third-order valence-corrected chi connectivity index (χ3v) is 7.17. The molecule has 0 fully saturated rings. The molecular weight excluding hydrogens is 476 g/mol. The Hall–Kier alpha value is -1.68. The van der Waals surface area contributed by atoms with Crippen molar-refractivity contribution < 1.29 is 4.74 Å². The van der Waals surface area contributed by atoms with Gasteiger partial charge in [0.1, 0.15) is 0 Å². The van der Waals surface area contributed by atoms with Crippen LogP contribution in [0.25, 0.3) is 11.1 Å². The van der Waals surface area contributed by atoms with Gasteiger partial charge in [-0.15, -0.1) is 0 Å². The molecule has 0 aliphatic rings. The molecule has 0 radical (unpaired) electrons. The second-order valence-electron chi connectivity index (χ2n) is 10.7. The molecule has 3 nitrogen and oxygen atoms in total. The molecule has 0 amide bonds. The lowest BCUT2D eigenvalue weighted by molar-refractivity contribution is 0.125. The van der Waals surface area contributed by atoms with Crippen LogP contribution in [0.2, 0.25) is 0 Å². The summed E-state index contributed by atoms with van der Waals surface area (Å²) in [6.45, 7) is 6.57. The molecule has 0 spiro atoms. The van der Waals surface area contributed by atoms with Crippen LogP contribution in [0, 0.1) is 0 Å². The zero-order chi connectivity index (χ0) is 26.5. The van der Waals surface area contributed by atoms with E-state index in [2.05, 4.69) is 62.4 Å². The lowest BCUT2D eigenvalue weighted by Gasteiger charge is -2.05. The summed E-state index contributed by atoms with van der Waals surface area (Å²) in [4.78, 5) is 0. The molecule has 6 N–H and O–H groups in total. The minimum atomic E-state index is 0. The Labute approximate surface area is 244 Å². The largest absolute Gasteiger partial charge is 0.381 e. The Kier molecular flexibility index (Phi) is 32.9. The third kappa shape index (κ3) is 26.3. The highest BCUT2D eigenvalue weighted by molar-refractivity contribution is 5.62. The standard InChI is InChI=1S/C24H50O.C12H10.2H3N/c1-3-5-7-9-11-13-15-17-19-21-23-25-24-22-20-18-16-14-12-10-8-6-4-2;1-3-7-11(8-4-1)12-9-5-2-6-10-12;;/h3-24H2,1-2H3;1-10H;2*1H3. The van der Waals surface area contributed by atoms with E-state index in [0.717, 1.165) is 13.2 Å². The first-order valence-electron chi connectivity index (χ1n) is 16.1. The van der Waals surface area contributed by atoms with Gasteiger partial charge in [0.2, 0.25) is 0 Å². The summed E-state index contributed by atoms with van der Waals surface area (Å²) in [5, 5.41) is 0. The number of rotatable bonds is 23. The molecule has 0 saturated carbocycles. The molecule has 0 saturated heterocycles. The molecule has 2 rings (SSSR count). The van der Waals surface area contributed by atoms with E-state index in [4.69, 9.17) is 4.74 Å². The molecule has 0 atom stereocenters. The first kappa shape index (κ1) is 39.5. The summed E-state index contributed by atoms with van der Waals surface area (Å²) in [7, 11) is 0. The van der Waals surface area contributed by atoms with Crippen LogP contribution in [0.3, 0.4) is 0 Å². The van der Waals surface area contributed by atoms with Crippen molar-refractivity contribution in [2.75, 3.05) is 13.2 Å². The van der Waals surface area contributed by atoms with Crippen molar-refractivity contribution in [3.8, 4) is 11.1 Å². The van der Waals surface area contributed by atoms with E-state index in [1.807, 2.05) is 12.1 Å². The number of hydrogen-bond acceptors (Lipinski definition) is 3. The van der Waals surface area contributed by atoms with Gasteiger partial charge in [-0.1, -0.05) is 190 Å². The summed E-state index contributed by atoms with van der Waals surface area (Å²) in [6.07, 6.45) is 28.2. The molecule has 3 heteroatoms. The van der Waals surface area contributed by atoms with Crippen molar-refractivity contribution >= 4 is 0 Å². The van der Waals surface area contributed by atoms with Gasteiger partial charge < -0.3 is 17.0 Å². The van der Waals surface area contributed by atoms with E-state index in [1.165, 1.54) is 140 Å². The molecule has 2 aromatic carbocycles. The van der Waals surface area contributed by atoms with Gasteiger partial charge in [-0.25, -0.2) is 0 Å². The highest BCUT2D eigenvalue weighted by atomic mass is 16.5. The van der Waals surface area contributed by atoms with Gasteiger partial charge in [0.25, 0.3) is 0 Å². The van der Waals surface area contributed by atoms with Gasteiger partial charge in [-0.05, 0) is 24.0 Å².